The van der Waals surface area contributed by atoms with Crippen LogP contribution < -0.4 is 5.32 Å². The molecule has 0 amide bonds. The lowest BCUT2D eigenvalue weighted by Crippen LogP contribution is -2.45. The number of esters is 1. The summed E-state index contributed by atoms with van der Waals surface area (Å²) in [6, 6.07) is -1.33. The van der Waals surface area contributed by atoms with Crippen molar-refractivity contribution in [3.8, 4) is 0 Å². The van der Waals surface area contributed by atoms with Gasteiger partial charge in [-0.05, 0) is 20.8 Å². The molecule has 0 aliphatic carbocycles. The molecule has 0 aliphatic rings. The SMILES string of the molecule is CC(C)(C)OC(=O)CNC(CS(C)(=O)=O)C(=O)O. The minimum atomic E-state index is -3.45. The number of ether oxygens (including phenoxy) is 1. The first-order valence-electron chi connectivity index (χ1n) is 5.26. The summed E-state index contributed by atoms with van der Waals surface area (Å²) in [5.74, 6) is -2.54. The van der Waals surface area contributed by atoms with Gasteiger partial charge in [-0.1, -0.05) is 0 Å². The van der Waals surface area contributed by atoms with Crippen LogP contribution in [-0.4, -0.2) is 55.7 Å². The Morgan fingerprint density at radius 3 is 2.17 bits per heavy atom. The predicted molar refractivity (Wildman–Crippen MR) is 65.0 cm³/mol. The summed E-state index contributed by atoms with van der Waals surface area (Å²) in [6.45, 7) is 4.67. The predicted octanol–water partition coefficient (Wildman–Crippen LogP) is -0.584. The third-order valence-corrected chi connectivity index (χ3v) is 2.62. The molecule has 0 saturated heterocycles. The maximum atomic E-state index is 11.3. The Labute approximate surface area is 106 Å². The summed E-state index contributed by atoms with van der Waals surface area (Å²) in [5, 5.41) is 11.1. The average molecular weight is 281 g/mol. The number of aliphatic carboxylic acids is 1. The number of hydrogen-bond acceptors (Lipinski definition) is 6. The van der Waals surface area contributed by atoms with Crippen molar-refractivity contribution in [1.82, 2.24) is 5.32 Å². The topological polar surface area (TPSA) is 110 Å². The summed E-state index contributed by atoms with van der Waals surface area (Å²) in [4.78, 5) is 22.1. The normalized spacial score (nSPS) is 14.0. The lowest BCUT2D eigenvalue weighted by atomic mass is 10.2. The van der Waals surface area contributed by atoms with Gasteiger partial charge in [0.15, 0.2) is 0 Å². The number of sulfone groups is 1. The number of carboxylic acid groups (broad SMARTS) is 1. The molecule has 1 atom stereocenters. The molecule has 0 aromatic heterocycles. The molecular weight excluding hydrogens is 262 g/mol. The first kappa shape index (κ1) is 16.9. The Morgan fingerprint density at radius 2 is 1.83 bits per heavy atom. The van der Waals surface area contributed by atoms with Crippen molar-refractivity contribution in [2.24, 2.45) is 0 Å². The molecule has 0 radical (unpaired) electrons. The smallest absolute Gasteiger partial charge is 0.321 e. The average Bonchev–Trinajstić information content (AvgIpc) is 2.06. The summed E-state index contributed by atoms with van der Waals surface area (Å²) in [6.07, 6.45) is 0.929. The molecule has 0 aliphatic heterocycles. The molecule has 2 N–H and O–H groups in total. The fraction of sp³-hybridized carbons (Fsp3) is 0.800. The summed E-state index contributed by atoms with van der Waals surface area (Å²) in [7, 11) is -3.45. The maximum Gasteiger partial charge on any atom is 0.321 e. The highest BCUT2D eigenvalue weighted by molar-refractivity contribution is 7.90. The Bertz CT molecular complexity index is 409. The van der Waals surface area contributed by atoms with E-state index in [1.807, 2.05) is 0 Å². The van der Waals surface area contributed by atoms with Gasteiger partial charge in [-0.2, -0.15) is 0 Å². The van der Waals surface area contributed by atoms with Crippen LogP contribution in [0.2, 0.25) is 0 Å². The van der Waals surface area contributed by atoms with Gasteiger partial charge in [-0.25, -0.2) is 8.42 Å². The summed E-state index contributed by atoms with van der Waals surface area (Å²) < 4.78 is 27.0. The van der Waals surface area contributed by atoms with Crippen molar-refractivity contribution in [2.75, 3.05) is 18.6 Å². The molecule has 0 heterocycles. The summed E-state index contributed by atoms with van der Waals surface area (Å²) in [5.41, 5.74) is -0.672. The second-order valence-corrected chi connectivity index (χ2v) is 7.14. The van der Waals surface area contributed by atoms with Crippen LogP contribution in [0.1, 0.15) is 20.8 Å². The zero-order valence-corrected chi connectivity index (χ0v) is 11.7. The molecule has 0 bridgehead atoms. The van der Waals surface area contributed by atoms with Crippen molar-refractivity contribution >= 4 is 21.8 Å². The maximum absolute atomic E-state index is 11.3. The van der Waals surface area contributed by atoms with E-state index in [-0.39, 0.29) is 6.54 Å². The van der Waals surface area contributed by atoms with E-state index in [9.17, 15) is 18.0 Å². The van der Waals surface area contributed by atoms with Gasteiger partial charge in [0.25, 0.3) is 0 Å². The van der Waals surface area contributed by atoms with Crippen LogP contribution in [0.15, 0.2) is 0 Å². The van der Waals surface area contributed by atoms with E-state index < -0.39 is 39.2 Å². The van der Waals surface area contributed by atoms with Crippen LogP contribution in [0, 0.1) is 0 Å². The molecule has 7 nitrogen and oxygen atoms in total. The lowest BCUT2D eigenvalue weighted by Gasteiger charge is -2.20. The highest BCUT2D eigenvalue weighted by atomic mass is 32.2. The van der Waals surface area contributed by atoms with Crippen LogP contribution >= 0.6 is 0 Å². The fourth-order valence-electron chi connectivity index (χ4n) is 1.10. The number of rotatable bonds is 6. The third kappa shape index (κ3) is 8.94. The minimum Gasteiger partial charge on any atom is -0.480 e. The zero-order chi connectivity index (χ0) is 14.6. The Kier molecular flexibility index (Phi) is 5.75. The number of nitrogens with one attached hydrogen (secondary N) is 1. The van der Waals surface area contributed by atoms with Gasteiger partial charge in [-0.15, -0.1) is 0 Å². The molecule has 0 fully saturated rings. The standard InChI is InChI=1S/C10H19NO6S/c1-10(2,3)17-8(12)5-11-7(9(13)14)6-18(4,15)16/h7,11H,5-6H2,1-4H3,(H,13,14). The molecule has 0 aromatic carbocycles. The van der Waals surface area contributed by atoms with Gasteiger partial charge in [0.2, 0.25) is 0 Å². The fourth-order valence-corrected chi connectivity index (χ4v) is 1.97. The highest BCUT2D eigenvalue weighted by Gasteiger charge is 2.24. The van der Waals surface area contributed by atoms with E-state index in [1.165, 1.54) is 0 Å². The van der Waals surface area contributed by atoms with Crippen molar-refractivity contribution in [3.63, 3.8) is 0 Å². The number of carboxylic acids is 1. The first-order valence-corrected chi connectivity index (χ1v) is 7.32. The monoisotopic (exact) mass is 281 g/mol. The highest BCUT2D eigenvalue weighted by Crippen LogP contribution is 2.06. The number of hydrogen-bond donors (Lipinski definition) is 2. The molecule has 106 valence electrons. The Morgan fingerprint density at radius 1 is 1.33 bits per heavy atom. The summed E-state index contributed by atoms with van der Waals surface area (Å²) >= 11 is 0. The molecule has 0 spiro atoms. The van der Waals surface area contributed by atoms with Crippen molar-refractivity contribution < 1.29 is 27.9 Å². The molecule has 0 aromatic rings. The molecular formula is C10H19NO6S. The van der Waals surface area contributed by atoms with Crippen LogP contribution in [-0.2, 0) is 24.2 Å². The van der Waals surface area contributed by atoms with Crippen molar-refractivity contribution in [3.05, 3.63) is 0 Å². The number of carbonyl (C=O) groups is 2. The van der Waals surface area contributed by atoms with Gasteiger partial charge in [-0.3, -0.25) is 14.9 Å². The largest absolute Gasteiger partial charge is 0.480 e. The van der Waals surface area contributed by atoms with E-state index >= 15 is 0 Å². The molecule has 8 heteroatoms. The van der Waals surface area contributed by atoms with E-state index in [0.29, 0.717) is 0 Å². The quantitative estimate of drug-likeness (QED) is 0.626. The second-order valence-electron chi connectivity index (χ2n) is 4.95. The van der Waals surface area contributed by atoms with E-state index in [2.05, 4.69) is 5.32 Å². The number of carbonyl (C=O) groups excluding carboxylic acids is 1. The molecule has 1 unspecified atom stereocenters. The van der Waals surface area contributed by atoms with Crippen LogP contribution in [0.3, 0.4) is 0 Å². The third-order valence-electron chi connectivity index (χ3n) is 1.68. The van der Waals surface area contributed by atoms with Gasteiger partial charge in [0, 0.05) is 6.26 Å². The van der Waals surface area contributed by atoms with Gasteiger partial charge in [0.05, 0.1) is 12.3 Å². The molecule has 0 rings (SSSR count). The van der Waals surface area contributed by atoms with Crippen LogP contribution in [0.4, 0.5) is 0 Å². The Balaban J connectivity index is 4.38. The lowest BCUT2D eigenvalue weighted by molar-refractivity contribution is -0.153. The second kappa shape index (κ2) is 6.14. The van der Waals surface area contributed by atoms with Gasteiger partial charge >= 0.3 is 11.9 Å². The van der Waals surface area contributed by atoms with Gasteiger partial charge < -0.3 is 9.84 Å². The molecule has 18 heavy (non-hydrogen) atoms. The van der Waals surface area contributed by atoms with E-state index in [0.717, 1.165) is 6.26 Å². The Hall–Kier alpha value is -1.15. The van der Waals surface area contributed by atoms with Gasteiger partial charge in [0.1, 0.15) is 21.5 Å². The van der Waals surface area contributed by atoms with Crippen molar-refractivity contribution in [2.45, 2.75) is 32.4 Å². The minimum absolute atomic E-state index is 0.357. The van der Waals surface area contributed by atoms with Crippen molar-refractivity contribution in [1.29, 1.82) is 0 Å². The van der Waals surface area contributed by atoms with E-state index in [1.54, 1.807) is 20.8 Å². The molecule has 0 saturated carbocycles. The van der Waals surface area contributed by atoms with Crippen LogP contribution in [0.5, 0.6) is 0 Å². The van der Waals surface area contributed by atoms with Crippen LogP contribution in [0.25, 0.3) is 0 Å². The zero-order valence-electron chi connectivity index (χ0n) is 10.9. The van der Waals surface area contributed by atoms with E-state index in [4.69, 9.17) is 9.84 Å². The first-order chi connectivity index (χ1) is 7.91.